The molecule has 134 valence electrons. The van der Waals surface area contributed by atoms with E-state index < -0.39 is 27.5 Å². The lowest BCUT2D eigenvalue weighted by atomic mass is 10.1. The van der Waals surface area contributed by atoms with E-state index in [1.165, 1.54) is 24.5 Å². The second-order valence-corrected chi connectivity index (χ2v) is 7.18. The molecule has 25 heavy (non-hydrogen) atoms. The summed E-state index contributed by atoms with van der Waals surface area (Å²) < 4.78 is 62.5. The van der Waals surface area contributed by atoms with E-state index in [0.717, 1.165) is 24.3 Å². The lowest BCUT2D eigenvalue weighted by Gasteiger charge is -2.24. The molecule has 2 N–H and O–H groups in total. The lowest BCUT2D eigenvalue weighted by molar-refractivity contribution is -0.242. The Bertz CT molecular complexity index is 864. The molecule has 0 saturated carbocycles. The zero-order valence-corrected chi connectivity index (χ0v) is 13.6. The predicted octanol–water partition coefficient (Wildman–Crippen LogP) is 2.17. The van der Waals surface area contributed by atoms with Crippen LogP contribution >= 0.6 is 0 Å². The SMILES string of the molecule is C[C@](O)(C(=O)Nc1ccc(S(=O)(=O)c2ccncc2)cc1)C(F)(F)F. The Balaban J connectivity index is 2.23. The molecule has 0 spiro atoms. The van der Waals surface area contributed by atoms with Crippen molar-refractivity contribution in [3.63, 3.8) is 0 Å². The highest BCUT2D eigenvalue weighted by molar-refractivity contribution is 7.91. The standard InChI is InChI=1S/C15H13F3N2O4S/c1-14(22,15(16,17)18)13(21)20-10-2-4-11(5-3-10)25(23,24)12-6-8-19-9-7-12/h2-9,22H,1H3,(H,20,21)/t14-/m0/s1. The minimum atomic E-state index is -5.15. The smallest absolute Gasteiger partial charge is 0.373 e. The minimum Gasteiger partial charge on any atom is -0.373 e. The van der Waals surface area contributed by atoms with Crippen LogP contribution in [0.5, 0.6) is 0 Å². The molecule has 1 amide bonds. The molecule has 0 bridgehead atoms. The zero-order valence-electron chi connectivity index (χ0n) is 12.8. The molecule has 1 aromatic heterocycles. The van der Waals surface area contributed by atoms with Crippen molar-refractivity contribution in [3.05, 3.63) is 48.8 Å². The summed E-state index contributed by atoms with van der Waals surface area (Å²) in [5.41, 5.74) is -3.67. The number of amides is 1. The van der Waals surface area contributed by atoms with Crippen molar-refractivity contribution in [1.82, 2.24) is 4.98 Å². The van der Waals surface area contributed by atoms with Gasteiger partial charge in [-0.15, -0.1) is 0 Å². The number of carbonyl (C=O) groups is 1. The van der Waals surface area contributed by atoms with E-state index in [-0.39, 0.29) is 15.5 Å². The summed E-state index contributed by atoms with van der Waals surface area (Å²) in [6.45, 7) is 0.324. The Morgan fingerprint density at radius 2 is 1.52 bits per heavy atom. The zero-order chi connectivity index (χ0) is 18.9. The van der Waals surface area contributed by atoms with E-state index in [9.17, 15) is 31.5 Å². The van der Waals surface area contributed by atoms with Crippen LogP contribution in [0.1, 0.15) is 6.92 Å². The quantitative estimate of drug-likeness (QED) is 0.855. The van der Waals surface area contributed by atoms with Gasteiger partial charge in [-0.05, 0) is 43.3 Å². The van der Waals surface area contributed by atoms with E-state index in [1.807, 2.05) is 5.32 Å². The number of hydrogen-bond acceptors (Lipinski definition) is 5. The van der Waals surface area contributed by atoms with Crippen LogP contribution in [0.2, 0.25) is 0 Å². The van der Waals surface area contributed by atoms with E-state index in [2.05, 4.69) is 4.98 Å². The number of sulfone groups is 1. The van der Waals surface area contributed by atoms with Gasteiger partial charge in [0.2, 0.25) is 15.4 Å². The molecule has 6 nitrogen and oxygen atoms in total. The Kier molecular flexibility index (Phi) is 4.87. The highest BCUT2D eigenvalue weighted by Crippen LogP contribution is 2.31. The maximum absolute atomic E-state index is 12.6. The van der Waals surface area contributed by atoms with Gasteiger partial charge in [0.1, 0.15) is 0 Å². The van der Waals surface area contributed by atoms with Crippen LogP contribution < -0.4 is 5.32 Å². The number of aliphatic hydroxyl groups is 1. The fraction of sp³-hybridized carbons (Fsp3) is 0.200. The van der Waals surface area contributed by atoms with Gasteiger partial charge in [0, 0.05) is 18.1 Å². The van der Waals surface area contributed by atoms with E-state index in [1.54, 1.807) is 0 Å². The predicted molar refractivity (Wildman–Crippen MR) is 81.4 cm³/mol. The third kappa shape index (κ3) is 3.80. The van der Waals surface area contributed by atoms with Crippen molar-refractivity contribution >= 4 is 21.4 Å². The first-order valence-corrected chi connectivity index (χ1v) is 8.30. The van der Waals surface area contributed by atoms with Gasteiger partial charge in [-0.25, -0.2) is 8.42 Å². The molecule has 0 saturated heterocycles. The highest BCUT2D eigenvalue weighted by Gasteiger charge is 2.55. The molecular weight excluding hydrogens is 361 g/mol. The van der Waals surface area contributed by atoms with Gasteiger partial charge in [-0.2, -0.15) is 13.2 Å². The van der Waals surface area contributed by atoms with Crippen molar-refractivity contribution in [2.24, 2.45) is 0 Å². The van der Waals surface area contributed by atoms with Gasteiger partial charge < -0.3 is 10.4 Å². The van der Waals surface area contributed by atoms with Gasteiger partial charge in [-0.1, -0.05) is 0 Å². The van der Waals surface area contributed by atoms with Crippen LogP contribution in [0.25, 0.3) is 0 Å². The van der Waals surface area contributed by atoms with Crippen LogP contribution in [-0.4, -0.2) is 36.2 Å². The molecule has 2 rings (SSSR count). The van der Waals surface area contributed by atoms with Crippen molar-refractivity contribution in [3.8, 4) is 0 Å². The first-order valence-electron chi connectivity index (χ1n) is 6.82. The number of anilines is 1. The molecule has 0 radical (unpaired) electrons. The Morgan fingerprint density at radius 3 is 2.00 bits per heavy atom. The molecule has 0 fully saturated rings. The van der Waals surface area contributed by atoms with Crippen LogP contribution in [0.15, 0.2) is 58.6 Å². The highest BCUT2D eigenvalue weighted by atomic mass is 32.2. The molecule has 10 heteroatoms. The number of nitrogens with zero attached hydrogens (tertiary/aromatic N) is 1. The molecule has 2 aromatic rings. The topological polar surface area (TPSA) is 96.4 Å². The van der Waals surface area contributed by atoms with Gasteiger partial charge in [0.15, 0.2) is 0 Å². The summed E-state index contributed by atoms with van der Waals surface area (Å²) in [5.74, 6) is -1.68. The lowest BCUT2D eigenvalue weighted by Crippen LogP contribution is -2.52. The number of halogens is 3. The molecule has 1 atom stereocenters. The largest absolute Gasteiger partial charge is 0.426 e. The first kappa shape index (κ1) is 18.9. The molecule has 0 aliphatic carbocycles. The Hall–Kier alpha value is -2.46. The number of benzene rings is 1. The molecular formula is C15H13F3N2O4S. The monoisotopic (exact) mass is 374 g/mol. The van der Waals surface area contributed by atoms with Gasteiger partial charge in [0.05, 0.1) is 9.79 Å². The fourth-order valence-electron chi connectivity index (χ4n) is 1.75. The number of alkyl halides is 3. The number of nitrogens with one attached hydrogen (secondary N) is 1. The number of rotatable bonds is 4. The molecule has 1 aromatic carbocycles. The second kappa shape index (κ2) is 6.45. The van der Waals surface area contributed by atoms with E-state index in [0.29, 0.717) is 6.92 Å². The minimum absolute atomic E-state index is 0.000657. The van der Waals surface area contributed by atoms with Crippen molar-refractivity contribution in [2.45, 2.75) is 28.5 Å². The summed E-state index contributed by atoms with van der Waals surface area (Å²) in [6.07, 6.45) is -2.54. The van der Waals surface area contributed by atoms with Crippen LogP contribution in [0.3, 0.4) is 0 Å². The summed E-state index contributed by atoms with van der Waals surface area (Å²) in [4.78, 5) is 15.2. The Labute approximate surface area is 141 Å². The molecule has 0 unspecified atom stereocenters. The maximum atomic E-state index is 12.6. The fourth-order valence-corrected chi connectivity index (χ4v) is 3.00. The summed E-state index contributed by atoms with van der Waals surface area (Å²) in [7, 11) is -3.82. The number of pyridine rings is 1. The van der Waals surface area contributed by atoms with Gasteiger partial charge in [0.25, 0.3) is 5.91 Å². The normalized spacial score (nSPS) is 14.6. The Morgan fingerprint density at radius 1 is 1.04 bits per heavy atom. The number of hydrogen-bond donors (Lipinski definition) is 2. The van der Waals surface area contributed by atoms with Crippen molar-refractivity contribution in [1.29, 1.82) is 0 Å². The van der Waals surface area contributed by atoms with Crippen LogP contribution in [0, 0.1) is 0 Å². The average molecular weight is 374 g/mol. The van der Waals surface area contributed by atoms with E-state index >= 15 is 0 Å². The van der Waals surface area contributed by atoms with Crippen molar-refractivity contribution < 1.29 is 31.5 Å². The van der Waals surface area contributed by atoms with Crippen molar-refractivity contribution in [2.75, 3.05) is 5.32 Å². The van der Waals surface area contributed by atoms with E-state index in [4.69, 9.17) is 0 Å². The first-order chi connectivity index (χ1) is 11.5. The maximum Gasteiger partial charge on any atom is 0.426 e. The summed E-state index contributed by atoms with van der Waals surface area (Å²) in [5, 5.41) is 11.2. The van der Waals surface area contributed by atoms with Crippen LogP contribution in [0.4, 0.5) is 18.9 Å². The number of aromatic nitrogens is 1. The third-order valence-corrected chi connectivity index (χ3v) is 5.16. The second-order valence-electron chi connectivity index (χ2n) is 5.23. The average Bonchev–Trinajstić information content (AvgIpc) is 2.55. The van der Waals surface area contributed by atoms with Gasteiger partial charge >= 0.3 is 6.18 Å². The molecule has 0 aliphatic rings. The van der Waals surface area contributed by atoms with Crippen LogP contribution in [-0.2, 0) is 14.6 Å². The summed E-state index contributed by atoms with van der Waals surface area (Å²) >= 11 is 0. The summed E-state index contributed by atoms with van der Waals surface area (Å²) in [6, 6.07) is 7.11. The number of carbonyl (C=O) groups excluding carboxylic acids is 1. The van der Waals surface area contributed by atoms with Gasteiger partial charge in [-0.3, -0.25) is 9.78 Å². The third-order valence-electron chi connectivity index (χ3n) is 3.38. The molecule has 0 aliphatic heterocycles. The molecule has 1 heterocycles.